The molecule has 16 heavy (non-hydrogen) atoms. The first-order valence-corrected chi connectivity index (χ1v) is 5.57. The van der Waals surface area contributed by atoms with Crippen LogP contribution < -0.4 is 5.73 Å². The summed E-state index contributed by atoms with van der Waals surface area (Å²) in [6.45, 7) is 1.46. The minimum Gasteiger partial charge on any atom is -0.389 e. The summed E-state index contributed by atoms with van der Waals surface area (Å²) in [5.74, 6) is 0. The standard InChI is InChI=1S/C12H18N2O2/c13-6-10(9-4-2-1-3-5-9)14-7-11(15)12(16)8-14/h1-5,10-12,15-16H,6-8,13H2. The third-order valence-electron chi connectivity index (χ3n) is 3.14. The summed E-state index contributed by atoms with van der Waals surface area (Å²) >= 11 is 0. The fraction of sp³-hybridized carbons (Fsp3) is 0.500. The molecule has 2 rings (SSSR count). The lowest BCUT2D eigenvalue weighted by molar-refractivity contribution is 0.0572. The van der Waals surface area contributed by atoms with E-state index in [2.05, 4.69) is 0 Å². The minimum absolute atomic E-state index is 0.0769. The maximum atomic E-state index is 9.53. The Hall–Kier alpha value is -0.940. The summed E-state index contributed by atoms with van der Waals surface area (Å²) in [5, 5.41) is 19.1. The number of benzene rings is 1. The lowest BCUT2D eigenvalue weighted by atomic mass is 10.1. The van der Waals surface area contributed by atoms with Gasteiger partial charge in [-0.2, -0.15) is 0 Å². The van der Waals surface area contributed by atoms with E-state index >= 15 is 0 Å². The van der Waals surface area contributed by atoms with E-state index in [1.165, 1.54) is 0 Å². The quantitative estimate of drug-likeness (QED) is 0.658. The largest absolute Gasteiger partial charge is 0.389 e. The smallest absolute Gasteiger partial charge is 0.0938 e. The van der Waals surface area contributed by atoms with Crippen molar-refractivity contribution >= 4 is 0 Å². The Labute approximate surface area is 95.3 Å². The molecule has 1 aromatic rings. The highest BCUT2D eigenvalue weighted by Crippen LogP contribution is 2.24. The zero-order valence-electron chi connectivity index (χ0n) is 9.16. The highest BCUT2D eigenvalue weighted by molar-refractivity contribution is 5.20. The third kappa shape index (κ3) is 2.25. The second-order valence-electron chi connectivity index (χ2n) is 4.25. The third-order valence-corrected chi connectivity index (χ3v) is 3.14. The van der Waals surface area contributed by atoms with Crippen molar-refractivity contribution in [3.8, 4) is 0 Å². The van der Waals surface area contributed by atoms with Gasteiger partial charge >= 0.3 is 0 Å². The molecule has 4 heteroatoms. The van der Waals surface area contributed by atoms with Crippen LogP contribution in [0.1, 0.15) is 11.6 Å². The summed E-state index contributed by atoms with van der Waals surface area (Å²) in [6.07, 6.45) is -1.31. The van der Waals surface area contributed by atoms with E-state index in [-0.39, 0.29) is 6.04 Å². The van der Waals surface area contributed by atoms with Crippen molar-refractivity contribution in [2.75, 3.05) is 19.6 Å². The zero-order valence-corrected chi connectivity index (χ0v) is 9.16. The number of β-amino-alcohol motifs (C(OH)–C–C–N with tert-alkyl or cyclic N) is 2. The molecule has 1 saturated heterocycles. The Kier molecular flexibility index (Phi) is 3.56. The van der Waals surface area contributed by atoms with Gasteiger partial charge in [-0.25, -0.2) is 0 Å². The molecule has 88 valence electrons. The van der Waals surface area contributed by atoms with Gasteiger partial charge in [0.25, 0.3) is 0 Å². The first-order valence-electron chi connectivity index (χ1n) is 5.57. The van der Waals surface area contributed by atoms with Crippen LogP contribution in [0, 0.1) is 0 Å². The van der Waals surface area contributed by atoms with E-state index in [9.17, 15) is 10.2 Å². The number of nitrogens with two attached hydrogens (primary N) is 1. The summed E-state index contributed by atoms with van der Waals surface area (Å²) in [5.41, 5.74) is 6.90. The molecule has 4 nitrogen and oxygen atoms in total. The van der Waals surface area contributed by atoms with Gasteiger partial charge in [0.1, 0.15) is 0 Å². The Bertz CT molecular complexity index is 321. The summed E-state index contributed by atoms with van der Waals surface area (Å²) in [4.78, 5) is 2.03. The van der Waals surface area contributed by atoms with Gasteiger partial charge in [0.15, 0.2) is 0 Å². The summed E-state index contributed by atoms with van der Waals surface area (Å²) in [7, 11) is 0. The van der Waals surface area contributed by atoms with Crippen LogP contribution in [0.25, 0.3) is 0 Å². The van der Waals surface area contributed by atoms with E-state index in [1.807, 2.05) is 35.2 Å². The fourth-order valence-corrected chi connectivity index (χ4v) is 2.22. The molecule has 0 radical (unpaired) electrons. The monoisotopic (exact) mass is 222 g/mol. The van der Waals surface area contributed by atoms with Gasteiger partial charge in [-0.3, -0.25) is 4.90 Å². The number of likely N-dealkylation sites (tertiary alicyclic amines) is 1. The Balaban J connectivity index is 2.12. The summed E-state index contributed by atoms with van der Waals surface area (Å²) in [6, 6.07) is 10.0. The van der Waals surface area contributed by atoms with E-state index in [0.29, 0.717) is 19.6 Å². The van der Waals surface area contributed by atoms with Gasteiger partial charge in [-0.1, -0.05) is 30.3 Å². The molecular formula is C12H18N2O2. The van der Waals surface area contributed by atoms with Gasteiger partial charge < -0.3 is 15.9 Å². The highest BCUT2D eigenvalue weighted by atomic mass is 16.3. The number of rotatable bonds is 3. The van der Waals surface area contributed by atoms with Crippen LogP contribution in [-0.2, 0) is 0 Å². The van der Waals surface area contributed by atoms with E-state index in [1.54, 1.807) is 0 Å². The van der Waals surface area contributed by atoms with Gasteiger partial charge in [0.2, 0.25) is 0 Å². The summed E-state index contributed by atoms with van der Waals surface area (Å²) < 4.78 is 0. The van der Waals surface area contributed by atoms with Crippen LogP contribution >= 0.6 is 0 Å². The maximum Gasteiger partial charge on any atom is 0.0938 e. The molecule has 1 fully saturated rings. The molecular weight excluding hydrogens is 204 g/mol. The number of hydrogen-bond acceptors (Lipinski definition) is 4. The average molecular weight is 222 g/mol. The van der Waals surface area contributed by atoms with Crippen LogP contribution in [0.3, 0.4) is 0 Å². The number of aliphatic hydroxyl groups is 2. The van der Waals surface area contributed by atoms with Gasteiger partial charge in [0, 0.05) is 25.7 Å². The first kappa shape index (κ1) is 11.5. The van der Waals surface area contributed by atoms with E-state index in [0.717, 1.165) is 5.56 Å². The van der Waals surface area contributed by atoms with Gasteiger partial charge in [0.05, 0.1) is 12.2 Å². The Morgan fingerprint density at radius 3 is 2.25 bits per heavy atom. The number of hydrogen-bond donors (Lipinski definition) is 3. The molecule has 1 aliphatic rings. The molecule has 4 N–H and O–H groups in total. The van der Waals surface area contributed by atoms with E-state index < -0.39 is 12.2 Å². The molecule has 0 bridgehead atoms. The van der Waals surface area contributed by atoms with Crippen molar-refractivity contribution in [3.63, 3.8) is 0 Å². The molecule has 3 unspecified atom stereocenters. The van der Waals surface area contributed by atoms with Crippen molar-refractivity contribution in [3.05, 3.63) is 35.9 Å². The van der Waals surface area contributed by atoms with Crippen molar-refractivity contribution in [2.24, 2.45) is 5.73 Å². The number of aliphatic hydroxyl groups excluding tert-OH is 2. The topological polar surface area (TPSA) is 69.7 Å². The SMILES string of the molecule is NCC(c1ccccc1)N1CC(O)C(O)C1. The first-order chi connectivity index (χ1) is 7.72. The second kappa shape index (κ2) is 4.93. The molecule has 0 aliphatic carbocycles. The molecule has 1 aromatic carbocycles. The van der Waals surface area contributed by atoms with Gasteiger partial charge in [-0.15, -0.1) is 0 Å². The van der Waals surface area contributed by atoms with Crippen LogP contribution in [0.2, 0.25) is 0 Å². The van der Waals surface area contributed by atoms with Crippen molar-refractivity contribution in [2.45, 2.75) is 18.2 Å². The predicted molar refractivity (Wildman–Crippen MR) is 61.8 cm³/mol. The van der Waals surface area contributed by atoms with E-state index in [4.69, 9.17) is 5.73 Å². The molecule has 0 saturated carbocycles. The molecule has 3 atom stereocenters. The van der Waals surface area contributed by atoms with Crippen molar-refractivity contribution in [1.29, 1.82) is 0 Å². The zero-order chi connectivity index (χ0) is 11.5. The van der Waals surface area contributed by atoms with Crippen LogP contribution in [-0.4, -0.2) is 47.0 Å². The van der Waals surface area contributed by atoms with Crippen LogP contribution in [0.4, 0.5) is 0 Å². The van der Waals surface area contributed by atoms with Crippen LogP contribution in [0.5, 0.6) is 0 Å². The molecule has 0 spiro atoms. The Morgan fingerprint density at radius 2 is 1.75 bits per heavy atom. The second-order valence-corrected chi connectivity index (χ2v) is 4.25. The predicted octanol–water partition coefficient (Wildman–Crippen LogP) is -0.276. The molecule has 0 aromatic heterocycles. The van der Waals surface area contributed by atoms with Gasteiger partial charge in [-0.05, 0) is 5.56 Å². The minimum atomic E-state index is -0.655. The van der Waals surface area contributed by atoms with Crippen molar-refractivity contribution < 1.29 is 10.2 Å². The highest BCUT2D eigenvalue weighted by Gasteiger charge is 2.33. The number of nitrogens with zero attached hydrogens (tertiary/aromatic N) is 1. The lowest BCUT2D eigenvalue weighted by Gasteiger charge is -2.26. The average Bonchev–Trinajstić information content (AvgIpc) is 2.61. The maximum absolute atomic E-state index is 9.53. The molecule has 0 amide bonds. The fourth-order valence-electron chi connectivity index (χ4n) is 2.22. The Morgan fingerprint density at radius 1 is 1.19 bits per heavy atom. The van der Waals surface area contributed by atoms with Crippen LogP contribution in [0.15, 0.2) is 30.3 Å². The normalized spacial score (nSPS) is 28.2. The van der Waals surface area contributed by atoms with Crippen molar-refractivity contribution in [1.82, 2.24) is 4.90 Å². The lowest BCUT2D eigenvalue weighted by Crippen LogP contribution is -2.32. The molecule has 1 heterocycles. The molecule has 1 aliphatic heterocycles.